The maximum Gasteiger partial charge on any atom is 0.302 e. The SMILES string of the molecule is CC[N+]1(CCCOc2cc(F)c(CSc3ncc(N(C)c4ccc(OC)c(OC)c4)n3-c3ccc(F)cc3)c(F)c2)CCN(C)C1.COC(C)=O. The van der Waals surface area contributed by atoms with Crippen molar-refractivity contribution in [2.75, 3.05) is 79.8 Å². The van der Waals surface area contributed by atoms with Crippen LogP contribution in [0.3, 0.4) is 0 Å². The first-order chi connectivity index (χ1) is 24.4. The number of quaternary nitrogens is 1. The van der Waals surface area contributed by atoms with Crippen LogP contribution in [0.1, 0.15) is 25.8 Å². The number of esters is 1. The number of carbonyl (C=O) groups excluding carboxylic acids is 1. The number of nitrogens with zero attached hydrogens (tertiary/aromatic N) is 5. The van der Waals surface area contributed by atoms with Crippen LogP contribution in [0.4, 0.5) is 24.7 Å². The summed E-state index contributed by atoms with van der Waals surface area (Å²) < 4.78 is 67.9. The highest BCUT2D eigenvalue weighted by atomic mass is 32.2. The van der Waals surface area contributed by atoms with Gasteiger partial charge in [0, 0.05) is 61.3 Å². The van der Waals surface area contributed by atoms with Crippen molar-refractivity contribution in [3.05, 3.63) is 83.8 Å². The summed E-state index contributed by atoms with van der Waals surface area (Å²) in [5.74, 6) is -0.0237. The van der Waals surface area contributed by atoms with Crippen molar-refractivity contribution in [1.29, 1.82) is 0 Å². The van der Waals surface area contributed by atoms with Crippen molar-refractivity contribution >= 4 is 29.2 Å². The molecule has 3 aromatic carbocycles. The maximum absolute atomic E-state index is 15.2. The summed E-state index contributed by atoms with van der Waals surface area (Å²) in [6, 6.07) is 14.0. The monoisotopic (exact) mass is 730 g/mol. The van der Waals surface area contributed by atoms with Gasteiger partial charge >= 0.3 is 5.97 Å². The standard InChI is InChI=1S/C34H41F3N5O3S.C3H6O2/c1-6-42(16-14-39(2)23-42)15-7-17-45-27-19-29(36)28(30(37)20-27)22-46-34-38-21-33(41(34)25-10-8-24(35)9-11-25)40(3)26-12-13-31(43-4)32(18-26)44-5;1-3(4)5-2/h8-13,18-21H,6-7,14-17,22-23H2,1-5H3;1-2H3/q+1;. The summed E-state index contributed by atoms with van der Waals surface area (Å²) in [6.45, 7) is 9.16. The molecule has 0 spiro atoms. The molecule has 5 rings (SSSR count). The molecule has 0 amide bonds. The number of rotatable bonds is 14. The number of halogens is 3. The molecule has 1 aliphatic rings. The van der Waals surface area contributed by atoms with Crippen molar-refractivity contribution in [3.8, 4) is 22.9 Å². The van der Waals surface area contributed by atoms with Crippen LogP contribution in [0.5, 0.6) is 17.2 Å². The molecular weight excluding hydrogens is 683 g/mol. The molecule has 2 heterocycles. The van der Waals surface area contributed by atoms with Gasteiger partial charge < -0.3 is 28.3 Å². The van der Waals surface area contributed by atoms with E-state index in [1.54, 1.807) is 38.6 Å². The zero-order valence-corrected chi connectivity index (χ0v) is 31.1. The van der Waals surface area contributed by atoms with E-state index in [9.17, 15) is 9.18 Å². The van der Waals surface area contributed by atoms with Crippen LogP contribution in [0.15, 0.2) is 66.0 Å². The van der Waals surface area contributed by atoms with Crippen molar-refractivity contribution in [2.24, 2.45) is 0 Å². The van der Waals surface area contributed by atoms with E-state index in [0.29, 0.717) is 34.8 Å². The quantitative estimate of drug-likeness (QED) is 0.0587. The Morgan fingerprint density at radius 1 is 1.00 bits per heavy atom. The van der Waals surface area contributed by atoms with Crippen LogP contribution in [0, 0.1) is 17.5 Å². The normalized spacial score (nSPS) is 15.6. The van der Waals surface area contributed by atoms with Gasteiger partial charge in [-0.1, -0.05) is 11.8 Å². The fraction of sp³-hybridized carbons (Fsp3) is 0.405. The molecule has 0 N–H and O–H groups in total. The minimum Gasteiger partial charge on any atom is -0.493 e. The highest BCUT2D eigenvalue weighted by Crippen LogP contribution is 2.37. The zero-order chi connectivity index (χ0) is 37.1. The van der Waals surface area contributed by atoms with Gasteiger partial charge in [-0.2, -0.15) is 0 Å². The number of ether oxygens (including phenoxy) is 4. The number of aromatic nitrogens is 2. The lowest BCUT2D eigenvalue weighted by Crippen LogP contribution is -2.47. The lowest BCUT2D eigenvalue weighted by atomic mass is 10.2. The Balaban J connectivity index is 0.00000109. The van der Waals surface area contributed by atoms with E-state index in [4.69, 9.17) is 14.2 Å². The fourth-order valence-corrected chi connectivity index (χ4v) is 6.83. The van der Waals surface area contributed by atoms with Crippen molar-refractivity contribution in [3.63, 3.8) is 0 Å². The summed E-state index contributed by atoms with van der Waals surface area (Å²) in [6.07, 6.45) is 2.46. The van der Waals surface area contributed by atoms with E-state index in [1.165, 1.54) is 50.1 Å². The van der Waals surface area contributed by atoms with Crippen LogP contribution in [-0.2, 0) is 15.3 Å². The van der Waals surface area contributed by atoms with E-state index in [2.05, 4.69) is 28.6 Å². The smallest absolute Gasteiger partial charge is 0.302 e. The van der Waals surface area contributed by atoms with E-state index < -0.39 is 11.6 Å². The first-order valence-corrected chi connectivity index (χ1v) is 17.5. The molecule has 51 heavy (non-hydrogen) atoms. The Labute approximate surface area is 302 Å². The van der Waals surface area contributed by atoms with Crippen LogP contribution >= 0.6 is 11.8 Å². The highest BCUT2D eigenvalue weighted by Gasteiger charge is 2.32. The van der Waals surface area contributed by atoms with Gasteiger partial charge in [-0.25, -0.2) is 18.2 Å². The number of methoxy groups -OCH3 is 3. The molecule has 276 valence electrons. The summed E-state index contributed by atoms with van der Waals surface area (Å²) in [5, 5.41) is 0.480. The van der Waals surface area contributed by atoms with Crippen LogP contribution in [0.25, 0.3) is 5.69 Å². The molecule has 1 unspecified atom stereocenters. The van der Waals surface area contributed by atoms with E-state index in [1.807, 2.05) is 28.6 Å². The number of benzene rings is 3. The van der Waals surface area contributed by atoms with Crippen LogP contribution in [-0.4, -0.2) is 99.8 Å². The van der Waals surface area contributed by atoms with Gasteiger partial charge in [-0.05, 0) is 50.4 Å². The zero-order valence-electron chi connectivity index (χ0n) is 30.2. The van der Waals surface area contributed by atoms with Gasteiger partial charge in [0.15, 0.2) is 16.7 Å². The molecule has 0 saturated carbocycles. The minimum atomic E-state index is -0.678. The lowest BCUT2D eigenvalue weighted by Gasteiger charge is -2.32. The number of carbonyl (C=O) groups is 1. The minimum absolute atomic E-state index is 0.0142. The molecule has 1 saturated heterocycles. The van der Waals surface area contributed by atoms with Crippen molar-refractivity contribution in [2.45, 2.75) is 31.2 Å². The Kier molecular flexibility index (Phi) is 14.1. The van der Waals surface area contributed by atoms with Crippen LogP contribution in [0.2, 0.25) is 0 Å². The Bertz CT molecular complexity index is 1740. The largest absolute Gasteiger partial charge is 0.493 e. The number of imidazole rings is 1. The Morgan fingerprint density at radius 2 is 1.67 bits per heavy atom. The van der Waals surface area contributed by atoms with Gasteiger partial charge in [-0.3, -0.25) is 14.3 Å². The summed E-state index contributed by atoms with van der Waals surface area (Å²) in [7, 11) is 8.47. The molecule has 14 heteroatoms. The molecule has 0 aliphatic carbocycles. The van der Waals surface area contributed by atoms with E-state index >= 15 is 8.78 Å². The summed E-state index contributed by atoms with van der Waals surface area (Å²) >= 11 is 1.18. The fourth-order valence-electron chi connectivity index (χ4n) is 5.83. The third-order valence-corrected chi connectivity index (χ3v) is 9.83. The number of likely N-dealkylation sites (N-methyl/N-ethyl adjacent to an activating group) is 2. The third kappa shape index (κ3) is 10.1. The predicted molar refractivity (Wildman–Crippen MR) is 193 cm³/mol. The number of thioether (sulfide) groups is 1. The second kappa shape index (κ2) is 18.2. The van der Waals surface area contributed by atoms with Gasteiger partial charge in [0.25, 0.3) is 0 Å². The number of hydrogen-bond acceptors (Lipinski definition) is 9. The predicted octanol–water partition coefficient (Wildman–Crippen LogP) is 7.05. The van der Waals surface area contributed by atoms with E-state index in [-0.39, 0.29) is 28.9 Å². The molecule has 1 aromatic heterocycles. The first kappa shape index (κ1) is 39.4. The third-order valence-electron chi connectivity index (χ3n) is 8.86. The Morgan fingerprint density at radius 3 is 2.24 bits per heavy atom. The molecule has 0 bridgehead atoms. The van der Waals surface area contributed by atoms with Gasteiger partial charge in [0.2, 0.25) is 0 Å². The molecular formula is C37H47F3N5O5S+. The highest BCUT2D eigenvalue weighted by molar-refractivity contribution is 7.98. The summed E-state index contributed by atoms with van der Waals surface area (Å²) in [5.41, 5.74) is 1.35. The molecule has 1 fully saturated rings. The van der Waals surface area contributed by atoms with Crippen LogP contribution < -0.4 is 19.1 Å². The molecule has 10 nitrogen and oxygen atoms in total. The maximum atomic E-state index is 15.2. The summed E-state index contributed by atoms with van der Waals surface area (Å²) in [4.78, 5) is 18.4. The first-order valence-electron chi connectivity index (χ1n) is 16.5. The molecule has 0 radical (unpaired) electrons. The van der Waals surface area contributed by atoms with E-state index in [0.717, 1.165) is 49.4 Å². The average molecular weight is 731 g/mol. The number of anilines is 2. The molecule has 1 atom stereocenters. The second-order valence-electron chi connectivity index (χ2n) is 12.2. The van der Waals surface area contributed by atoms with Gasteiger partial charge in [-0.15, -0.1) is 0 Å². The van der Waals surface area contributed by atoms with Crippen molar-refractivity contribution in [1.82, 2.24) is 14.5 Å². The lowest BCUT2D eigenvalue weighted by molar-refractivity contribution is -0.919. The topological polar surface area (TPSA) is 78.3 Å². The van der Waals surface area contributed by atoms with Gasteiger partial charge in [0.05, 0.1) is 60.3 Å². The average Bonchev–Trinajstić information content (AvgIpc) is 3.73. The molecule has 4 aromatic rings. The number of hydrogen-bond donors (Lipinski definition) is 0. The van der Waals surface area contributed by atoms with Crippen molar-refractivity contribution < 1.29 is 41.4 Å². The Hall–Kier alpha value is -4.40. The van der Waals surface area contributed by atoms with Gasteiger partial charge in [0.1, 0.15) is 35.7 Å². The molecule has 1 aliphatic heterocycles. The second-order valence-corrected chi connectivity index (χ2v) is 13.1.